The highest BCUT2D eigenvalue weighted by molar-refractivity contribution is 7.97. The molecule has 0 fully saturated rings. The van der Waals surface area contributed by atoms with Crippen molar-refractivity contribution in [3.8, 4) is 0 Å². The predicted octanol–water partition coefficient (Wildman–Crippen LogP) is 6.01. The summed E-state index contributed by atoms with van der Waals surface area (Å²) in [5.74, 6) is -0.546. The Bertz CT molecular complexity index is 616. The van der Waals surface area contributed by atoms with E-state index in [4.69, 9.17) is 9.94 Å². The third kappa shape index (κ3) is 12.5. The van der Waals surface area contributed by atoms with Crippen molar-refractivity contribution in [2.45, 2.75) is 64.7 Å². The first-order valence-corrected chi connectivity index (χ1v) is 11.5. The van der Waals surface area contributed by atoms with E-state index in [2.05, 4.69) is 19.1 Å². The fourth-order valence-corrected chi connectivity index (χ4v) is 3.62. The van der Waals surface area contributed by atoms with Gasteiger partial charge in [-0.3, -0.25) is 14.4 Å². The Hall–Kier alpha value is -1.63. The maximum absolute atomic E-state index is 12.4. The van der Waals surface area contributed by atoms with Crippen molar-refractivity contribution in [3.05, 3.63) is 41.5 Å². The van der Waals surface area contributed by atoms with Gasteiger partial charge in [0, 0.05) is 18.5 Å². The number of benzene rings is 1. The summed E-state index contributed by atoms with van der Waals surface area (Å²) in [6.07, 6.45) is 13.8. The van der Waals surface area contributed by atoms with E-state index in [9.17, 15) is 9.59 Å². The molecule has 0 aliphatic carbocycles. The molecule has 0 atom stereocenters. The normalized spacial score (nSPS) is 11.4. The molecule has 1 rings (SSSR count). The van der Waals surface area contributed by atoms with Crippen LogP contribution >= 0.6 is 11.9 Å². The highest BCUT2D eigenvalue weighted by atomic mass is 32.2. The lowest BCUT2D eigenvalue weighted by molar-refractivity contribution is -0.137. The van der Waals surface area contributed by atoms with Crippen LogP contribution < -0.4 is 0 Å². The lowest BCUT2D eigenvalue weighted by Gasteiger charge is -2.17. The summed E-state index contributed by atoms with van der Waals surface area (Å²) in [6, 6.07) is 7.65. The van der Waals surface area contributed by atoms with Crippen LogP contribution in [-0.2, 0) is 9.63 Å². The number of carbonyl (C=O) groups is 2. The predicted molar refractivity (Wildman–Crippen MR) is 121 cm³/mol. The van der Waals surface area contributed by atoms with E-state index in [0.717, 1.165) is 12.0 Å². The average Bonchev–Trinajstić information content (AvgIpc) is 2.72. The van der Waals surface area contributed by atoms with Gasteiger partial charge in [0.2, 0.25) is 0 Å². The molecule has 0 saturated heterocycles. The Morgan fingerprint density at radius 3 is 2.41 bits per heavy atom. The summed E-state index contributed by atoms with van der Waals surface area (Å²) in [7, 11) is 1.52. The molecule has 1 aromatic carbocycles. The van der Waals surface area contributed by atoms with Crippen LogP contribution in [0, 0.1) is 0 Å². The van der Waals surface area contributed by atoms with Crippen molar-refractivity contribution < 1.29 is 19.5 Å². The molecule has 0 aliphatic rings. The number of nitrogens with zero attached hydrogens (tertiary/aromatic N) is 1. The van der Waals surface area contributed by atoms with Gasteiger partial charge in [-0.25, -0.2) is 0 Å². The molecule has 0 spiro atoms. The van der Waals surface area contributed by atoms with E-state index in [1.54, 1.807) is 4.47 Å². The van der Waals surface area contributed by atoms with Gasteiger partial charge in [0.1, 0.15) is 0 Å². The number of allylic oxidation sites excluding steroid dienone is 1. The molecule has 0 unspecified atom stereocenters. The van der Waals surface area contributed by atoms with Crippen LogP contribution in [0.2, 0.25) is 0 Å². The largest absolute Gasteiger partial charge is 0.481 e. The maximum atomic E-state index is 12.4. The van der Waals surface area contributed by atoms with Crippen molar-refractivity contribution in [3.63, 3.8) is 0 Å². The highest BCUT2D eigenvalue weighted by Crippen LogP contribution is 2.15. The quantitative estimate of drug-likeness (QED) is 0.144. The van der Waals surface area contributed by atoms with E-state index in [-0.39, 0.29) is 18.0 Å². The van der Waals surface area contributed by atoms with E-state index in [1.807, 2.05) is 24.3 Å². The van der Waals surface area contributed by atoms with Gasteiger partial charge < -0.3 is 5.11 Å². The first-order valence-electron chi connectivity index (χ1n) is 10.5. The summed E-state index contributed by atoms with van der Waals surface area (Å²) in [6.45, 7) is 2.70. The van der Waals surface area contributed by atoms with Crippen LogP contribution in [0.5, 0.6) is 0 Å². The van der Waals surface area contributed by atoms with E-state index >= 15 is 0 Å². The fourth-order valence-electron chi connectivity index (χ4n) is 2.82. The number of aliphatic carboxylic acids is 1. The Morgan fingerprint density at radius 1 is 1.07 bits per heavy atom. The summed E-state index contributed by atoms with van der Waals surface area (Å²) in [4.78, 5) is 28.1. The molecule has 0 amide bonds. The summed E-state index contributed by atoms with van der Waals surface area (Å²) in [5.41, 5.74) is 1.78. The minimum Gasteiger partial charge on any atom is -0.481 e. The molecule has 5 nitrogen and oxygen atoms in total. The van der Waals surface area contributed by atoms with Gasteiger partial charge in [-0.2, -0.15) is 0 Å². The maximum Gasteiger partial charge on any atom is 0.303 e. The fraction of sp³-hybridized carbons (Fsp3) is 0.565. The second-order valence-corrected chi connectivity index (χ2v) is 7.97. The molecule has 0 radical (unpaired) electrons. The van der Waals surface area contributed by atoms with Gasteiger partial charge in [-0.15, -0.1) is 4.47 Å². The smallest absolute Gasteiger partial charge is 0.303 e. The molecular weight excluding hydrogens is 386 g/mol. The Kier molecular flexibility index (Phi) is 14.2. The van der Waals surface area contributed by atoms with Crippen LogP contribution in [0.1, 0.15) is 80.6 Å². The minimum atomic E-state index is -0.830. The Labute approximate surface area is 179 Å². The lowest BCUT2D eigenvalue weighted by Crippen LogP contribution is -2.19. The lowest BCUT2D eigenvalue weighted by atomic mass is 10.1. The van der Waals surface area contributed by atoms with Crippen LogP contribution in [0.15, 0.2) is 30.3 Å². The first kappa shape index (κ1) is 25.4. The van der Waals surface area contributed by atoms with Crippen LogP contribution in [0.3, 0.4) is 0 Å². The molecule has 6 heteroatoms. The monoisotopic (exact) mass is 421 g/mol. The molecule has 0 heterocycles. The molecule has 162 valence electrons. The van der Waals surface area contributed by atoms with Gasteiger partial charge in [0.05, 0.1) is 12.9 Å². The third-order valence-corrected chi connectivity index (χ3v) is 5.55. The number of hydroxylamine groups is 1. The number of hydrogen-bond acceptors (Lipinski definition) is 5. The number of rotatable bonds is 17. The van der Waals surface area contributed by atoms with Crippen molar-refractivity contribution >= 4 is 29.8 Å². The zero-order chi connectivity index (χ0) is 21.3. The number of hydrogen-bond donors (Lipinski definition) is 1. The first-order chi connectivity index (χ1) is 14.1. The molecule has 29 heavy (non-hydrogen) atoms. The minimum absolute atomic E-state index is 0.0258. The van der Waals surface area contributed by atoms with Crippen molar-refractivity contribution in [1.29, 1.82) is 0 Å². The van der Waals surface area contributed by atoms with E-state index in [0.29, 0.717) is 18.5 Å². The highest BCUT2D eigenvalue weighted by Gasteiger charge is 2.11. The molecular formula is C23H35NO4S. The zero-order valence-corrected chi connectivity index (χ0v) is 18.6. The van der Waals surface area contributed by atoms with Gasteiger partial charge in [-0.05, 0) is 36.8 Å². The molecule has 0 bridgehead atoms. The number of carbonyl (C=O) groups excluding carboxylic acids is 1. The van der Waals surface area contributed by atoms with E-state index in [1.165, 1.54) is 57.6 Å². The summed E-state index contributed by atoms with van der Waals surface area (Å²) >= 11 is 1.26. The number of carboxylic acids is 1. The third-order valence-electron chi connectivity index (χ3n) is 4.54. The second-order valence-electron chi connectivity index (χ2n) is 7.01. The Morgan fingerprint density at radius 2 is 1.76 bits per heavy atom. The molecule has 1 N–H and O–H groups in total. The Balaban J connectivity index is 2.31. The van der Waals surface area contributed by atoms with Crippen LogP contribution in [0.25, 0.3) is 6.08 Å². The number of Topliss-reactive ketones (excluding diaryl/α,β-unsaturated/α-hetero) is 1. The van der Waals surface area contributed by atoms with Gasteiger partial charge in [0.25, 0.3) is 0 Å². The molecule has 0 aromatic heterocycles. The van der Waals surface area contributed by atoms with Gasteiger partial charge in [-0.1, -0.05) is 75.4 Å². The zero-order valence-electron chi connectivity index (χ0n) is 17.8. The van der Waals surface area contributed by atoms with Crippen molar-refractivity contribution in [2.24, 2.45) is 0 Å². The second kappa shape index (κ2) is 16.2. The average molecular weight is 422 g/mol. The number of ketones is 1. The van der Waals surface area contributed by atoms with Gasteiger partial charge >= 0.3 is 5.97 Å². The SMILES string of the molecule is CCCCCCCC/C=C\c1ccc(C(=O)CSN(CCCC(=O)O)OC)cc1. The van der Waals surface area contributed by atoms with Crippen LogP contribution in [-0.4, -0.2) is 40.7 Å². The molecule has 1 aromatic rings. The number of unbranched alkanes of at least 4 members (excludes halogenated alkanes) is 6. The van der Waals surface area contributed by atoms with Gasteiger partial charge in [0.15, 0.2) is 5.78 Å². The van der Waals surface area contributed by atoms with E-state index < -0.39 is 5.97 Å². The number of carboxylic acid groups (broad SMARTS) is 1. The van der Waals surface area contributed by atoms with Crippen molar-refractivity contribution in [1.82, 2.24) is 4.47 Å². The standard InChI is InChI=1S/C23H35NO4S/c1-3-4-5-6-7-8-9-10-12-20-14-16-21(17-15-20)22(25)19-29-24(28-2)18-11-13-23(26)27/h10,12,14-17H,3-9,11,13,18-19H2,1-2H3,(H,26,27)/b12-10-. The molecule has 0 aliphatic heterocycles. The summed E-state index contributed by atoms with van der Waals surface area (Å²) < 4.78 is 1.56. The van der Waals surface area contributed by atoms with Crippen LogP contribution in [0.4, 0.5) is 0 Å². The van der Waals surface area contributed by atoms with Crippen molar-refractivity contribution in [2.75, 3.05) is 19.4 Å². The molecule has 0 saturated carbocycles. The topological polar surface area (TPSA) is 66.8 Å². The summed E-state index contributed by atoms with van der Waals surface area (Å²) in [5, 5.41) is 8.68.